The van der Waals surface area contributed by atoms with E-state index in [1.165, 1.54) is 17.0 Å². The van der Waals surface area contributed by atoms with Gasteiger partial charge in [0.25, 0.3) is 0 Å². The highest BCUT2D eigenvalue weighted by Crippen LogP contribution is 2.38. The first-order valence-corrected chi connectivity index (χ1v) is 18.9. The fourth-order valence-electron chi connectivity index (χ4n) is 6.18. The summed E-state index contributed by atoms with van der Waals surface area (Å²) in [5, 5.41) is 5.71. The van der Waals surface area contributed by atoms with Crippen LogP contribution in [0.15, 0.2) is 48.5 Å². The van der Waals surface area contributed by atoms with Crippen molar-refractivity contribution in [2.75, 3.05) is 26.3 Å². The summed E-state index contributed by atoms with van der Waals surface area (Å²) in [5.74, 6) is -4.37. The predicted molar refractivity (Wildman–Crippen MR) is 202 cm³/mol. The lowest BCUT2D eigenvalue weighted by molar-refractivity contribution is -0.289. The molecule has 1 aromatic heterocycles. The van der Waals surface area contributed by atoms with Crippen molar-refractivity contribution in [2.45, 2.75) is 97.4 Å². The monoisotopic (exact) mass is 864 g/mol. The number of ether oxygens (including phenoxy) is 8. The normalized spacial score (nSPS) is 18.6. The van der Waals surface area contributed by atoms with Crippen LogP contribution in [-0.2, 0) is 71.6 Å². The maximum absolute atomic E-state index is 14.4. The van der Waals surface area contributed by atoms with Crippen LogP contribution in [0.25, 0.3) is 0 Å². The largest absolute Gasteiger partial charge is 0.494 e. The van der Waals surface area contributed by atoms with Crippen LogP contribution in [0, 0.1) is 6.92 Å². The van der Waals surface area contributed by atoms with E-state index in [1.807, 2.05) is 11.2 Å². The molecule has 61 heavy (non-hydrogen) atoms. The summed E-state index contributed by atoms with van der Waals surface area (Å²) in [6.07, 6.45) is -13.9. The molecule has 2 amide bonds. The number of esters is 4. The number of halogens is 3. The van der Waals surface area contributed by atoms with Crippen molar-refractivity contribution in [3.63, 3.8) is 0 Å². The standard InChI is InChI=1S/C40H47F3N4O14/c1-22-18-29(54-17-9-15-47(16-14-32(44)52)39(53)56-20-27-10-7-6-8-11-27)13-12-28(22)19-30-36(40(41,42)43)45-46-37(30)61-38-35(59-26(5)51)34(58-25(4)50)33(57-24(3)49)31(60-38)21-55-23(2)48/h6-8,10-13,18,31,33-35,38H,9,14-17,19-21H2,1-5H3,(H2,44,52)(H,45,46)/t31-,33+,34+,35-,38+/m1/s1. The highest BCUT2D eigenvalue weighted by atomic mass is 19.4. The Hall–Kier alpha value is -6.38. The molecule has 1 fully saturated rings. The quantitative estimate of drug-likeness (QED) is 0.0982. The van der Waals surface area contributed by atoms with Gasteiger partial charge in [-0.25, -0.2) is 4.79 Å². The lowest BCUT2D eigenvalue weighted by atomic mass is 9.98. The number of carbonyl (C=O) groups is 6. The Labute approximate surface area is 348 Å². The second-order valence-electron chi connectivity index (χ2n) is 13.8. The van der Waals surface area contributed by atoms with Gasteiger partial charge in [-0.3, -0.25) is 29.1 Å². The van der Waals surface area contributed by atoms with Crippen molar-refractivity contribution < 1.29 is 79.8 Å². The molecule has 5 atom stereocenters. The van der Waals surface area contributed by atoms with Crippen LogP contribution in [0.2, 0.25) is 0 Å². The van der Waals surface area contributed by atoms with Crippen LogP contribution in [0.4, 0.5) is 18.0 Å². The Morgan fingerprint density at radius 1 is 0.852 bits per heavy atom. The molecule has 0 unspecified atom stereocenters. The number of aryl methyl sites for hydroxylation is 1. The maximum atomic E-state index is 14.4. The Morgan fingerprint density at radius 3 is 2.11 bits per heavy atom. The molecule has 0 bridgehead atoms. The molecule has 18 nitrogen and oxygen atoms in total. The first-order valence-electron chi connectivity index (χ1n) is 18.9. The maximum Gasteiger partial charge on any atom is 0.433 e. The molecule has 1 aliphatic heterocycles. The molecule has 3 aromatic rings. The molecule has 3 N–H and O–H groups in total. The molecule has 21 heteroatoms. The minimum absolute atomic E-state index is 0.0294. The van der Waals surface area contributed by atoms with Gasteiger partial charge in [-0.15, -0.1) is 5.10 Å². The second-order valence-corrected chi connectivity index (χ2v) is 13.8. The number of hydrogen-bond donors (Lipinski definition) is 2. The first kappa shape index (κ1) is 47.3. The Morgan fingerprint density at radius 2 is 1.51 bits per heavy atom. The van der Waals surface area contributed by atoms with Gasteiger partial charge in [0.2, 0.25) is 24.2 Å². The number of carbonyl (C=O) groups excluding carboxylic acids is 6. The van der Waals surface area contributed by atoms with Crippen molar-refractivity contribution in [2.24, 2.45) is 5.73 Å². The van der Waals surface area contributed by atoms with Crippen LogP contribution < -0.4 is 15.2 Å². The molecule has 0 saturated carbocycles. The molecule has 2 heterocycles. The van der Waals surface area contributed by atoms with Crippen LogP contribution in [-0.4, -0.2) is 108 Å². The Kier molecular flexibility index (Phi) is 16.9. The van der Waals surface area contributed by atoms with Crippen molar-refractivity contribution >= 4 is 35.9 Å². The smallest absolute Gasteiger partial charge is 0.433 e. The van der Waals surface area contributed by atoms with Gasteiger partial charge in [0.1, 0.15) is 30.8 Å². The molecule has 4 rings (SSSR count). The van der Waals surface area contributed by atoms with E-state index < -0.39 is 103 Å². The van der Waals surface area contributed by atoms with Gasteiger partial charge in [0.05, 0.1) is 12.2 Å². The number of benzene rings is 2. The molecule has 2 aromatic carbocycles. The number of H-pyrrole nitrogens is 1. The van der Waals surface area contributed by atoms with E-state index in [0.29, 0.717) is 23.3 Å². The summed E-state index contributed by atoms with van der Waals surface area (Å²) in [7, 11) is 0. The Balaban J connectivity index is 1.53. The van der Waals surface area contributed by atoms with Gasteiger partial charge < -0.3 is 48.5 Å². The zero-order chi connectivity index (χ0) is 44.9. The average molecular weight is 865 g/mol. The fourth-order valence-corrected chi connectivity index (χ4v) is 6.18. The third kappa shape index (κ3) is 14.4. The summed E-state index contributed by atoms with van der Waals surface area (Å²) in [6.45, 7) is 5.51. The van der Waals surface area contributed by atoms with Gasteiger partial charge in [-0.1, -0.05) is 36.4 Å². The summed E-state index contributed by atoms with van der Waals surface area (Å²) in [5.41, 5.74) is 5.23. The van der Waals surface area contributed by atoms with Gasteiger partial charge in [-0.2, -0.15) is 13.2 Å². The number of aromatic amines is 1. The molecule has 0 radical (unpaired) electrons. The van der Waals surface area contributed by atoms with Gasteiger partial charge in [-0.05, 0) is 42.2 Å². The van der Waals surface area contributed by atoms with E-state index >= 15 is 0 Å². The summed E-state index contributed by atoms with van der Waals surface area (Å²) < 4.78 is 87.4. The summed E-state index contributed by atoms with van der Waals surface area (Å²) in [4.78, 5) is 73.8. The minimum atomic E-state index is -4.96. The van der Waals surface area contributed by atoms with E-state index in [9.17, 15) is 41.9 Å². The molecular formula is C40H47F3N4O14. The second kappa shape index (κ2) is 21.7. The number of aromatic nitrogens is 2. The van der Waals surface area contributed by atoms with E-state index in [2.05, 4.69) is 5.10 Å². The molecule has 0 spiro atoms. The minimum Gasteiger partial charge on any atom is -0.494 e. The lowest BCUT2D eigenvalue weighted by Gasteiger charge is -2.43. The topological polar surface area (TPSA) is 234 Å². The molecule has 0 aliphatic carbocycles. The third-order valence-electron chi connectivity index (χ3n) is 8.90. The number of nitrogens with one attached hydrogen (secondary N) is 1. The van der Waals surface area contributed by atoms with Crippen molar-refractivity contribution in [3.05, 3.63) is 76.5 Å². The van der Waals surface area contributed by atoms with Crippen LogP contribution in [0.3, 0.4) is 0 Å². The number of primary amides is 1. The van der Waals surface area contributed by atoms with E-state index in [1.54, 1.807) is 37.3 Å². The molecule has 1 aliphatic rings. The van der Waals surface area contributed by atoms with Crippen LogP contribution >= 0.6 is 0 Å². The van der Waals surface area contributed by atoms with Crippen LogP contribution in [0.5, 0.6) is 11.6 Å². The fraction of sp³-hybridized carbons (Fsp3) is 0.475. The highest BCUT2D eigenvalue weighted by molar-refractivity contribution is 5.75. The first-order chi connectivity index (χ1) is 28.8. The average Bonchev–Trinajstić information content (AvgIpc) is 3.58. The summed E-state index contributed by atoms with van der Waals surface area (Å²) in [6, 6.07) is 13.7. The van der Waals surface area contributed by atoms with Gasteiger partial charge >= 0.3 is 36.1 Å². The number of rotatable bonds is 19. The number of nitrogens with two attached hydrogens (primary N) is 1. The van der Waals surface area contributed by atoms with Gasteiger partial charge in [0, 0.05) is 53.6 Å². The van der Waals surface area contributed by atoms with Gasteiger partial charge in [0.15, 0.2) is 12.2 Å². The summed E-state index contributed by atoms with van der Waals surface area (Å²) >= 11 is 0. The van der Waals surface area contributed by atoms with Crippen molar-refractivity contribution in [3.8, 4) is 11.6 Å². The molecular weight excluding hydrogens is 817 g/mol. The SMILES string of the molecule is CC(=O)OC[C@H]1O[C@@H](Oc2n[nH]c(C(F)(F)F)c2Cc2ccc(OCCCN(CCC(N)=O)C(=O)OCc3ccccc3)cc2C)[C@H](OC(C)=O)[C@@H](OC(C)=O)[C@H]1OC(C)=O. The predicted octanol–water partition coefficient (Wildman–Crippen LogP) is 4.07. The van der Waals surface area contributed by atoms with E-state index in [-0.39, 0.29) is 32.7 Å². The number of amides is 2. The molecule has 1 saturated heterocycles. The zero-order valence-corrected chi connectivity index (χ0v) is 34.0. The van der Waals surface area contributed by atoms with Crippen LogP contribution in [0.1, 0.15) is 68.5 Å². The molecule has 332 valence electrons. The zero-order valence-electron chi connectivity index (χ0n) is 34.0. The van der Waals surface area contributed by atoms with E-state index in [0.717, 1.165) is 33.3 Å². The number of hydrogen-bond acceptors (Lipinski definition) is 15. The Bertz CT molecular complexity index is 2010. The third-order valence-corrected chi connectivity index (χ3v) is 8.90. The van der Waals surface area contributed by atoms with Crippen molar-refractivity contribution in [1.29, 1.82) is 0 Å². The van der Waals surface area contributed by atoms with Crippen molar-refractivity contribution in [1.82, 2.24) is 15.1 Å². The van der Waals surface area contributed by atoms with E-state index in [4.69, 9.17) is 43.6 Å². The number of alkyl halides is 3. The lowest BCUT2D eigenvalue weighted by Crippen LogP contribution is -2.63. The highest BCUT2D eigenvalue weighted by Gasteiger charge is 2.54. The number of nitrogens with zero attached hydrogens (tertiary/aromatic N) is 2.